The molecule has 3 nitrogen and oxygen atoms in total. The van der Waals surface area contributed by atoms with Crippen LogP contribution in [0.2, 0.25) is 0 Å². The molecule has 0 aliphatic carbocycles. The highest BCUT2D eigenvalue weighted by molar-refractivity contribution is 7.91. The first-order valence-corrected chi connectivity index (χ1v) is 8.36. The van der Waals surface area contributed by atoms with E-state index in [0.29, 0.717) is 17.1 Å². The van der Waals surface area contributed by atoms with Crippen molar-refractivity contribution in [2.75, 3.05) is 0 Å². The summed E-state index contributed by atoms with van der Waals surface area (Å²) in [5, 5.41) is 0. The Morgan fingerprint density at radius 1 is 1.09 bits per heavy atom. The van der Waals surface area contributed by atoms with Crippen LogP contribution in [0.5, 0.6) is 11.5 Å². The minimum Gasteiger partial charge on any atom is -0.591 e. The van der Waals surface area contributed by atoms with E-state index in [1.807, 2.05) is 32.9 Å². The second-order valence-corrected chi connectivity index (χ2v) is 8.11. The quantitative estimate of drug-likeness (QED) is 0.595. The Bertz CT molecular complexity index is 693. The van der Waals surface area contributed by atoms with Crippen LogP contribution in [-0.2, 0) is 11.4 Å². The van der Waals surface area contributed by atoms with Gasteiger partial charge >= 0.3 is 0 Å². The lowest BCUT2D eigenvalue weighted by Crippen LogP contribution is -2.25. The summed E-state index contributed by atoms with van der Waals surface area (Å²) in [7, 11) is 0. The van der Waals surface area contributed by atoms with Gasteiger partial charge in [0.2, 0.25) is 0 Å². The lowest BCUT2D eigenvalue weighted by molar-refractivity contribution is 0.479. The summed E-state index contributed by atoms with van der Waals surface area (Å²) in [6, 6.07) is 11.9. The van der Waals surface area contributed by atoms with E-state index in [1.54, 1.807) is 37.4 Å². The molecule has 23 heavy (non-hydrogen) atoms. The van der Waals surface area contributed by atoms with Crippen molar-refractivity contribution < 1.29 is 13.7 Å². The zero-order valence-electron chi connectivity index (χ0n) is 13.7. The summed E-state index contributed by atoms with van der Waals surface area (Å²) >= 11 is -1.28. The minimum absolute atomic E-state index is 0.254. The molecule has 0 spiro atoms. The molecule has 2 aromatic carbocycles. The molecule has 0 aliphatic heterocycles. The fraction of sp³-hybridized carbons (Fsp3) is 0.278. The molecule has 122 valence electrons. The molecule has 2 rings (SSSR count). The topological polar surface area (TPSA) is 44.6 Å². The second kappa shape index (κ2) is 7.15. The van der Waals surface area contributed by atoms with Crippen molar-refractivity contribution in [1.29, 1.82) is 0 Å². The molecule has 0 N–H and O–H groups in total. The summed E-state index contributed by atoms with van der Waals surface area (Å²) in [5.74, 6) is 0.972. The Labute approximate surface area is 139 Å². The molecule has 1 unspecified atom stereocenters. The molecule has 0 heterocycles. The zero-order chi connectivity index (χ0) is 17.0. The highest BCUT2D eigenvalue weighted by Crippen LogP contribution is 2.23. The van der Waals surface area contributed by atoms with Crippen LogP contribution in [0.1, 0.15) is 31.9 Å². The number of halogens is 1. The van der Waals surface area contributed by atoms with Crippen molar-refractivity contribution in [3.63, 3.8) is 0 Å². The van der Waals surface area contributed by atoms with E-state index in [-0.39, 0.29) is 10.6 Å². The van der Waals surface area contributed by atoms with Gasteiger partial charge in [-0.2, -0.15) is 0 Å². The van der Waals surface area contributed by atoms with Crippen molar-refractivity contribution in [1.82, 2.24) is 0 Å². The SMILES string of the molecule is Cc1cc(Oc2ccc(/C=N/[S+]([O-])C(C)(C)C)cc2)ccc1F. The Morgan fingerprint density at radius 3 is 2.26 bits per heavy atom. The van der Waals surface area contributed by atoms with Gasteiger partial charge in [0.1, 0.15) is 33.4 Å². The number of hydrogen-bond donors (Lipinski definition) is 0. The van der Waals surface area contributed by atoms with E-state index in [0.717, 1.165) is 5.56 Å². The first kappa shape index (κ1) is 17.5. The van der Waals surface area contributed by atoms with Gasteiger partial charge in [-0.3, -0.25) is 0 Å². The van der Waals surface area contributed by atoms with Crippen molar-refractivity contribution in [2.45, 2.75) is 32.4 Å². The van der Waals surface area contributed by atoms with Gasteiger partial charge in [0.15, 0.2) is 0 Å². The van der Waals surface area contributed by atoms with E-state index in [4.69, 9.17) is 4.74 Å². The molecular weight excluding hydrogens is 313 g/mol. The minimum atomic E-state index is -1.28. The van der Waals surface area contributed by atoms with E-state index in [1.165, 1.54) is 6.07 Å². The Hall–Kier alpha value is -1.85. The van der Waals surface area contributed by atoms with E-state index in [2.05, 4.69) is 4.40 Å². The average Bonchev–Trinajstić information content (AvgIpc) is 2.49. The summed E-state index contributed by atoms with van der Waals surface area (Å²) in [6.07, 6.45) is 1.59. The summed E-state index contributed by atoms with van der Waals surface area (Å²) in [4.78, 5) is 0. The second-order valence-electron chi connectivity index (χ2n) is 6.18. The third-order valence-electron chi connectivity index (χ3n) is 3.07. The van der Waals surface area contributed by atoms with Gasteiger partial charge in [0, 0.05) is 0 Å². The number of aryl methyl sites for hydroxylation is 1. The van der Waals surface area contributed by atoms with Crippen LogP contribution >= 0.6 is 0 Å². The molecule has 0 aromatic heterocycles. The zero-order valence-corrected chi connectivity index (χ0v) is 14.5. The van der Waals surface area contributed by atoms with Gasteiger partial charge in [-0.15, -0.1) is 0 Å². The molecule has 0 saturated carbocycles. The molecule has 0 bridgehead atoms. The molecule has 0 saturated heterocycles. The Balaban J connectivity index is 2.04. The van der Waals surface area contributed by atoms with Gasteiger partial charge in [-0.1, -0.05) is 4.40 Å². The van der Waals surface area contributed by atoms with Crippen molar-refractivity contribution in [2.24, 2.45) is 4.40 Å². The van der Waals surface area contributed by atoms with Crippen LogP contribution in [0.3, 0.4) is 0 Å². The highest BCUT2D eigenvalue weighted by Gasteiger charge is 2.25. The molecular formula is C18H20FNO2S. The average molecular weight is 333 g/mol. The van der Waals surface area contributed by atoms with Gasteiger partial charge in [0.05, 0.1) is 6.21 Å². The van der Waals surface area contributed by atoms with Crippen LogP contribution in [0.25, 0.3) is 0 Å². The number of benzene rings is 2. The molecule has 5 heteroatoms. The van der Waals surface area contributed by atoms with Crippen molar-refractivity contribution in [3.8, 4) is 11.5 Å². The normalized spacial score (nSPS) is 13.3. The summed E-state index contributed by atoms with van der Waals surface area (Å²) in [5.41, 5.74) is 1.38. The van der Waals surface area contributed by atoms with Crippen LogP contribution in [-0.4, -0.2) is 15.5 Å². The largest absolute Gasteiger partial charge is 0.591 e. The predicted molar refractivity (Wildman–Crippen MR) is 93.1 cm³/mol. The third-order valence-corrected chi connectivity index (χ3v) is 4.41. The maximum atomic E-state index is 13.2. The molecule has 0 aliphatic rings. The summed E-state index contributed by atoms with van der Waals surface area (Å²) in [6.45, 7) is 7.32. The van der Waals surface area contributed by atoms with Crippen LogP contribution in [0.4, 0.5) is 4.39 Å². The Morgan fingerprint density at radius 2 is 1.70 bits per heavy atom. The molecule has 0 fully saturated rings. The number of rotatable bonds is 4. The van der Waals surface area contributed by atoms with Crippen molar-refractivity contribution >= 4 is 17.6 Å². The van der Waals surface area contributed by atoms with Crippen molar-refractivity contribution in [3.05, 3.63) is 59.4 Å². The number of nitrogens with zero attached hydrogens (tertiary/aromatic N) is 1. The fourth-order valence-electron chi connectivity index (χ4n) is 1.71. The number of ether oxygens (including phenoxy) is 1. The fourth-order valence-corrected chi connectivity index (χ4v) is 2.24. The molecule has 0 amide bonds. The lowest BCUT2D eigenvalue weighted by atomic mass is 10.2. The first-order valence-electron chi connectivity index (χ1n) is 7.26. The van der Waals surface area contributed by atoms with Crippen LogP contribution in [0.15, 0.2) is 46.9 Å². The van der Waals surface area contributed by atoms with Crippen LogP contribution < -0.4 is 4.74 Å². The standard InChI is InChI=1S/C18H20FNO2S/c1-13-11-16(9-10-17(13)19)22-15-7-5-14(6-8-15)12-20-23(21)18(2,3)4/h5-12H,1-4H3/b20-12+. The first-order chi connectivity index (χ1) is 10.8. The van der Waals surface area contributed by atoms with Crippen LogP contribution in [0, 0.1) is 12.7 Å². The van der Waals surface area contributed by atoms with Gasteiger partial charge in [-0.05, 0) is 81.3 Å². The maximum absolute atomic E-state index is 13.2. The Kier molecular flexibility index (Phi) is 5.44. The smallest absolute Gasteiger partial charge is 0.144 e. The molecule has 0 radical (unpaired) electrons. The predicted octanol–water partition coefficient (Wildman–Crippen LogP) is 4.81. The van der Waals surface area contributed by atoms with E-state index < -0.39 is 11.4 Å². The van der Waals surface area contributed by atoms with Gasteiger partial charge < -0.3 is 9.29 Å². The molecule has 2 aromatic rings. The van der Waals surface area contributed by atoms with E-state index >= 15 is 0 Å². The molecule has 1 atom stereocenters. The van der Waals surface area contributed by atoms with E-state index in [9.17, 15) is 8.94 Å². The highest BCUT2D eigenvalue weighted by atomic mass is 32.2. The maximum Gasteiger partial charge on any atom is 0.144 e. The summed E-state index contributed by atoms with van der Waals surface area (Å²) < 4.78 is 34.5. The van der Waals surface area contributed by atoms with Gasteiger partial charge in [0.25, 0.3) is 0 Å². The monoisotopic (exact) mass is 333 g/mol. The lowest BCUT2D eigenvalue weighted by Gasteiger charge is -2.17. The number of hydrogen-bond acceptors (Lipinski definition) is 3. The van der Waals surface area contributed by atoms with Gasteiger partial charge in [-0.25, -0.2) is 4.39 Å². The third kappa shape index (κ3) is 5.08.